The van der Waals surface area contributed by atoms with E-state index in [2.05, 4.69) is 20.1 Å². The van der Waals surface area contributed by atoms with Gasteiger partial charge >= 0.3 is 0 Å². The number of aromatic amines is 1. The third kappa shape index (κ3) is 3.19. The maximum Gasteiger partial charge on any atom is 0.274 e. The van der Waals surface area contributed by atoms with Crippen molar-refractivity contribution in [1.29, 1.82) is 0 Å². The Morgan fingerprint density at radius 1 is 1.19 bits per heavy atom. The number of fused-ring (bicyclic) bond motifs is 1. The summed E-state index contributed by atoms with van der Waals surface area (Å²) in [5.41, 5.74) is 2.41. The molecule has 0 aliphatic heterocycles. The Morgan fingerprint density at radius 3 is 2.81 bits per heavy atom. The van der Waals surface area contributed by atoms with Crippen LogP contribution < -0.4 is 0 Å². The van der Waals surface area contributed by atoms with Gasteiger partial charge in [0.15, 0.2) is 5.82 Å². The third-order valence-electron chi connectivity index (χ3n) is 4.17. The molecule has 0 radical (unpaired) electrons. The number of amides is 1. The van der Waals surface area contributed by atoms with E-state index < -0.39 is 0 Å². The van der Waals surface area contributed by atoms with Crippen LogP contribution in [0.2, 0.25) is 0 Å². The fourth-order valence-electron chi connectivity index (χ4n) is 2.74. The Kier molecular flexibility index (Phi) is 4.18. The molecule has 7 heteroatoms. The van der Waals surface area contributed by atoms with E-state index in [9.17, 15) is 4.79 Å². The summed E-state index contributed by atoms with van der Waals surface area (Å²) >= 11 is 0. The first-order valence-electron chi connectivity index (χ1n) is 8.27. The van der Waals surface area contributed by atoms with Crippen LogP contribution in [0.5, 0.6) is 0 Å². The minimum absolute atomic E-state index is 0.0632. The average molecular weight is 347 g/mol. The molecule has 1 N–H and O–H groups in total. The normalized spacial score (nSPS) is 11.0. The monoisotopic (exact) mass is 347 g/mol. The highest BCUT2D eigenvalue weighted by atomic mass is 16.5. The van der Waals surface area contributed by atoms with Crippen LogP contribution in [0.1, 0.15) is 16.2 Å². The molecule has 0 bridgehead atoms. The second-order valence-electron chi connectivity index (χ2n) is 6.00. The molecule has 0 fully saturated rings. The maximum absolute atomic E-state index is 12.3. The number of carbonyl (C=O) groups is 1. The van der Waals surface area contributed by atoms with Gasteiger partial charge in [-0.15, -0.1) is 0 Å². The number of nitrogens with one attached hydrogen (secondary N) is 1. The van der Waals surface area contributed by atoms with Crippen molar-refractivity contribution in [3.05, 3.63) is 66.2 Å². The number of pyridine rings is 1. The Balaban J connectivity index is 1.43. The van der Waals surface area contributed by atoms with Gasteiger partial charge in [-0.1, -0.05) is 23.4 Å². The van der Waals surface area contributed by atoms with Gasteiger partial charge in [0.05, 0.1) is 0 Å². The van der Waals surface area contributed by atoms with Gasteiger partial charge in [0.1, 0.15) is 5.69 Å². The van der Waals surface area contributed by atoms with Gasteiger partial charge in [-0.05, 0) is 24.3 Å². The van der Waals surface area contributed by atoms with Gasteiger partial charge in [0, 0.05) is 48.9 Å². The number of para-hydroxylation sites is 1. The third-order valence-corrected chi connectivity index (χ3v) is 4.17. The molecule has 4 rings (SSSR count). The predicted molar refractivity (Wildman–Crippen MR) is 96.5 cm³/mol. The van der Waals surface area contributed by atoms with Gasteiger partial charge in [-0.3, -0.25) is 9.78 Å². The highest BCUT2D eigenvalue weighted by Gasteiger charge is 2.15. The van der Waals surface area contributed by atoms with Crippen LogP contribution in [-0.4, -0.2) is 44.5 Å². The summed E-state index contributed by atoms with van der Waals surface area (Å²) in [5, 5.41) is 5.10. The average Bonchev–Trinajstić information content (AvgIpc) is 3.32. The summed E-state index contributed by atoms with van der Waals surface area (Å²) in [6.07, 6.45) is 3.72. The second kappa shape index (κ2) is 6.79. The van der Waals surface area contributed by atoms with Crippen molar-refractivity contribution in [3.63, 3.8) is 0 Å². The van der Waals surface area contributed by atoms with E-state index in [0.29, 0.717) is 30.2 Å². The lowest BCUT2D eigenvalue weighted by molar-refractivity contribution is 0.0795. The molecule has 3 heterocycles. The summed E-state index contributed by atoms with van der Waals surface area (Å²) in [6.45, 7) is 0.493. The van der Waals surface area contributed by atoms with Crippen molar-refractivity contribution >= 4 is 16.8 Å². The predicted octanol–water partition coefficient (Wildman–Crippen LogP) is 2.93. The standard InChI is InChI=1S/C19H17N5O2/c1-24(19(25)13-6-9-20-10-7-13)11-8-17-22-18(26-23-17)16-12-14-4-2-3-5-15(14)21-16/h2-7,9-10,12,21H,8,11H2,1H3. The van der Waals surface area contributed by atoms with Crippen LogP contribution >= 0.6 is 0 Å². The first-order valence-corrected chi connectivity index (χ1v) is 8.27. The zero-order valence-electron chi connectivity index (χ0n) is 14.2. The molecular weight excluding hydrogens is 330 g/mol. The van der Waals surface area contributed by atoms with Gasteiger partial charge in [0.25, 0.3) is 11.8 Å². The van der Waals surface area contributed by atoms with Crippen molar-refractivity contribution < 1.29 is 9.32 Å². The van der Waals surface area contributed by atoms with E-state index >= 15 is 0 Å². The van der Waals surface area contributed by atoms with Gasteiger partial charge < -0.3 is 14.4 Å². The zero-order valence-corrected chi connectivity index (χ0v) is 14.2. The molecule has 0 unspecified atom stereocenters. The highest BCUT2D eigenvalue weighted by Crippen LogP contribution is 2.22. The number of carbonyl (C=O) groups excluding carboxylic acids is 1. The first-order chi connectivity index (χ1) is 12.7. The Labute approximate surface area is 149 Å². The van der Waals surface area contributed by atoms with Gasteiger partial charge in [0.2, 0.25) is 0 Å². The van der Waals surface area contributed by atoms with E-state index in [4.69, 9.17) is 4.52 Å². The number of rotatable bonds is 5. The van der Waals surface area contributed by atoms with Crippen molar-refractivity contribution in [2.45, 2.75) is 6.42 Å². The fourth-order valence-corrected chi connectivity index (χ4v) is 2.74. The van der Waals surface area contributed by atoms with Crippen LogP contribution in [0.3, 0.4) is 0 Å². The number of nitrogens with zero attached hydrogens (tertiary/aromatic N) is 4. The SMILES string of the molecule is CN(CCc1noc(-c2cc3ccccc3[nH]2)n1)C(=O)c1ccncc1. The van der Waals surface area contributed by atoms with Crippen LogP contribution in [-0.2, 0) is 6.42 Å². The molecule has 130 valence electrons. The van der Waals surface area contributed by atoms with E-state index in [1.54, 1.807) is 36.5 Å². The number of H-pyrrole nitrogens is 1. The zero-order chi connectivity index (χ0) is 17.9. The Hall–Kier alpha value is -3.48. The summed E-state index contributed by atoms with van der Waals surface area (Å²) in [7, 11) is 1.75. The number of hydrogen-bond acceptors (Lipinski definition) is 5. The smallest absolute Gasteiger partial charge is 0.274 e. The quantitative estimate of drug-likeness (QED) is 0.600. The maximum atomic E-state index is 12.3. The largest absolute Gasteiger partial charge is 0.351 e. The van der Waals surface area contributed by atoms with Crippen molar-refractivity contribution in [3.8, 4) is 11.6 Å². The summed E-state index contributed by atoms with van der Waals surface area (Å²) < 4.78 is 5.35. The molecular formula is C19H17N5O2. The lowest BCUT2D eigenvalue weighted by atomic mass is 10.2. The molecule has 0 saturated carbocycles. The molecule has 26 heavy (non-hydrogen) atoms. The number of benzene rings is 1. The molecule has 0 aliphatic rings. The molecule has 4 aromatic rings. The van der Waals surface area contributed by atoms with E-state index in [0.717, 1.165) is 16.6 Å². The molecule has 0 saturated heterocycles. The van der Waals surface area contributed by atoms with E-state index in [1.165, 1.54) is 0 Å². The number of likely N-dealkylation sites (N-methyl/N-ethyl adjacent to an activating group) is 1. The fraction of sp³-hybridized carbons (Fsp3) is 0.158. The molecule has 0 atom stereocenters. The van der Waals surface area contributed by atoms with Gasteiger partial charge in [-0.2, -0.15) is 4.98 Å². The van der Waals surface area contributed by atoms with Gasteiger partial charge in [-0.25, -0.2) is 0 Å². The molecule has 1 amide bonds. The van der Waals surface area contributed by atoms with Crippen molar-refractivity contribution in [2.24, 2.45) is 0 Å². The summed E-state index contributed by atoms with van der Waals surface area (Å²) in [6, 6.07) is 13.3. The molecule has 0 spiro atoms. The molecule has 0 aliphatic carbocycles. The molecule has 7 nitrogen and oxygen atoms in total. The van der Waals surface area contributed by atoms with Crippen molar-refractivity contribution in [1.82, 2.24) is 25.0 Å². The van der Waals surface area contributed by atoms with Crippen LogP contribution in [0, 0.1) is 0 Å². The minimum Gasteiger partial charge on any atom is -0.351 e. The Bertz CT molecular complexity index is 1010. The first kappa shape index (κ1) is 16.0. The summed E-state index contributed by atoms with van der Waals surface area (Å²) in [4.78, 5) is 25.6. The second-order valence-corrected chi connectivity index (χ2v) is 6.00. The topological polar surface area (TPSA) is 87.9 Å². The van der Waals surface area contributed by atoms with E-state index in [-0.39, 0.29) is 5.91 Å². The van der Waals surface area contributed by atoms with Crippen LogP contribution in [0.4, 0.5) is 0 Å². The lowest BCUT2D eigenvalue weighted by Gasteiger charge is -2.15. The van der Waals surface area contributed by atoms with Crippen molar-refractivity contribution in [2.75, 3.05) is 13.6 Å². The lowest BCUT2D eigenvalue weighted by Crippen LogP contribution is -2.29. The summed E-state index contributed by atoms with van der Waals surface area (Å²) in [5.74, 6) is 0.944. The van der Waals surface area contributed by atoms with E-state index in [1.807, 2.05) is 30.3 Å². The van der Waals surface area contributed by atoms with Crippen LogP contribution in [0.25, 0.3) is 22.5 Å². The highest BCUT2D eigenvalue weighted by molar-refractivity contribution is 5.93. The molecule has 1 aromatic carbocycles. The number of hydrogen-bond donors (Lipinski definition) is 1. The Morgan fingerprint density at radius 2 is 2.00 bits per heavy atom. The minimum atomic E-state index is -0.0632. The number of aromatic nitrogens is 4. The molecule has 3 aromatic heterocycles. The van der Waals surface area contributed by atoms with Crippen LogP contribution in [0.15, 0.2) is 59.4 Å².